The van der Waals surface area contributed by atoms with Crippen molar-refractivity contribution in [2.24, 2.45) is 0 Å². The molecule has 0 saturated heterocycles. The Morgan fingerprint density at radius 3 is 1.41 bits per heavy atom. The summed E-state index contributed by atoms with van der Waals surface area (Å²) in [6.45, 7) is 18.8. The van der Waals surface area contributed by atoms with Crippen molar-refractivity contribution in [3.05, 3.63) is 151 Å². The Morgan fingerprint density at radius 2 is 0.932 bits per heavy atom. The molecule has 6 rings (SSSR count). The number of rotatable bonds is 5. The Morgan fingerprint density at radius 1 is 0.545 bits per heavy atom. The number of allylic oxidation sites excluding steroid dienone is 3. The predicted molar refractivity (Wildman–Crippen MR) is 198 cm³/mol. The van der Waals surface area contributed by atoms with Gasteiger partial charge in [0, 0.05) is 0 Å². The summed E-state index contributed by atoms with van der Waals surface area (Å²) in [4.78, 5) is 0. The monoisotopic (exact) mass is 574 g/mol. The van der Waals surface area contributed by atoms with Gasteiger partial charge in [-0.25, -0.2) is 0 Å². The molecule has 0 bridgehead atoms. The molecule has 222 valence electrons. The number of hydrogen-bond donors (Lipinski definition) is 0. The largest absolute Gasteiger partial charge is 0.0988 e. The molecule has 0 amide bonds. The van der Waals surface area contributed by atoms with E-state index >= 15 is 0 Å². The average Bonchev–Trinajstić information content (AvgIpc) is 3.08. The Bertz CT molecular complexity index is 1830. The second-order valence-corrected chi connectivity index (χ2v) is 11.0. The first kappa shape index (κ1) is 32.2. The molecular weight excluding hydrogens is 528 g/mol. The van der Waals surface area contributed by atoms with Crippen LogP contribution in [0.2, 0.25) is 0 Å². The molecule has 0 saturated carbocycles. The summed E-state index contributed by atoms with van der Waals surface area (Å²) in [5, 5.41) is 5.09. The van der Waals surface area contributed by atoms with Crippen LogP contribution in [0.5, 0.6) is 0 Å². The van der Waals surface area contributed by atoms with Crippen LogP contribution in [-0.4, -0.2) is 0 Å². The molecule has 6 aromatic carbocycles. The van der Waals surface area contributed by atoms with Crippen LogP contribution in [0.25, 0.3) is 60.5 Å². The summed E-state index contributed by atoms with van der Waals surface area (Å²) in [7, 11) is 0. The summed E-state index contributed by atoms with van der Waals surface area (Å²) in [6, 6.07) is 44.2. The van der Waals surface area contributed by atoms with Crippen LogP contribution in [-0.2, 0) is 0 Å². The van der Waals surface area contributed by atoms with Crippen LogP contribution in [0.3, 0.4) is 0 Å². The Labute approximate surface area is 265 Å². The zero-order valence-electron chi connectivity index (χ0n) is 27.5. The summed E-state index contributed by atoms with van der Waals surface area (Å²) in [5.41, 5.74) is 12.6. The molecule has 0 aromatic heterocycles. The third-order valence-corrected chi connectivity index (χ3v) is 8.04. The van der Waals surface area contributed by atoms with Crippen molar-refractivity contribution in [3.8, 4) is 33.4 Å². The van der Waals surface area contributed by atoms with Crippen LogP contribution in [0.4, 0.5) is 0 Å². The molecule has 44 heavy (non-hydrogen) atoms. The molecule has 0 aliphatic heterocycles. The van der Waals surface area contributed by atoms with Crippen LogP contribution < -0.4 is 0 Å². The summed E-state index contributed by atoms with van der Waals surface area (Å²) >= 11 is 0. The highest BCUT2D eigenvalue weighted by molar-refractivity contribution is 6.21. The molecule has 0 fully saturated rings. The molecule has 0 nitrogen and oxygen atoms in total. The van der Waals surface area contributed by atoms with Gasteiger partial charge in [0.2, 0.25) is 0 Å². The third kappa shape index (κ3) is 6.61. The lowest BCUT2D eigenvalue weighted by molar-refractivity contribution is 1.09. The van der Waals surface area contributed by atoms with Crippen LogP contribution in [0.1, 0.15) is 59.1 Å². The van der Waals surface area contributed by atoms with Gasteiger partial charge < -0.3 is 0 Å². The van der Waals surface area contributed by atoms with Gasteiger partial charge in [0.1, 0.15) is 0 Å². The fourth-order valence-corrected chi connectivity index (χ4v) is 5.76. The Kier molecular flexibility index (Phi) is 11.1. The number of fused-ring (bicyclic) bond motifs is 2. The molecule has 0 spiro atoms. The van der Waals surface area contributed by atoms with E-state index in [0.717, 1.165) is 0 Å². The Balaban J connectivity index is 0.000000834. The van der Waals surface area contributed by atoms with Gasteiger partial charge in [-0.05, 0) is 104 Å². The number of benzene rings is 6. The maximum atomic E-state index is 4.00. The summed E-state index contributed by atoms with van der Waals surface area (Å²) in [6.07, 6.45) is 3.20. The van der Waals surface area contributed by atoms with Crippen molar-refractivity contribution >= 4 is 27.1 Å². The van der Waals surface area contributed by atoms with E-state index in [1.807, 2.05) is 19.9 Å². The lowest BCUT2D eigenvalue weighted by Crippen LogP contribution is -1.93. The van der Waals surface area contributed by atoms with E-state index in [1.54, 1.807) is 0 Å². The zero-order chi connectivity index (χ0) is 31.6. The molecule has 0 radical (unpaired) electrons. The molecule has 0 aliphatic carbocycles. The molecule has 0 atom stereocenters. The van der Waals surface area contributed by atoms with Crippen LogP contribution in [0, 0.1) is 6.92 Å². The lowest BCUT2D eigenvalue weighted by Gasteiger charge is -2.19. The van der Waals surface area contributed by atoms with Gasteiger partial charge in [0.25, 0.3) is 0 Å². The van der Waals surface area contributed by atoms with Crippen molar-refractivity contribution < 1.29 is 0 Å². The van der Waals surface area contributed by atoms with Gasteiger partial charge in [-0.15, -0.1) is 0 Å². The molecule has 0 heteroatoms. The van der Waals surface area contributed by atoms with Gasteiger partial charge in [-0.1, -0.05) is 162 Å². The van der Waals surface area contributed by atoms with Gasteiger partial charge in [0.05, 0.1) is 0 Å². The van der Waals surface area contributed by atoms with E-state index in [9.17, 15) is 0 Å². The summed E-state index contributed by atoms with van der Waals surface area (Å²) in [5.74, 6) is 0. The first-order valence-corrected chi connectivity index (χ1v) is 16.0. The SMILES string of the molecule is C=C/C(C)=C(\C)c1cc(-c2c3ccccc3c(-c3ccc(-c4ccccc4)cc3)c3ccccc23)ccc1C.CC.CCC. The second kappa shape index (κ2) is 15.2. The first-order valence-electron chi connectivity index (χ1n) is 16.0. The fourth-order valence-electron chi connectivity index (χ4n) is 5.76. The normalized spacial score (nSPS) is 11.2. The maximum Gasteiger partial charge on any atom is -0.00262 e. The van der Waals surface area contributed by atoms with Gasteiger partial charge in [-0.2, -0.15) is 0 Å². The molecule has 0 unspecified atom stereocenters. The standard InChI is InChI=1S/C39H32.C3H8.C2H6/c1-5-26(2)28(4)37-25-32(20-19-27(37)3)39-35-17-11-9-15-33(35)38(34-16-10-12-18-36(34)39)31-23-21-30(22-24-31)29-13-7-6-8-14-29;1-3-2;1-2/h5-25H,1H2,2-4H3;3H2,1-2H3;1-2H3/b28-26+;;. The number of hydrogen-bond acceptors (Lipinski definition) is 0. The molecular formula is C44H46. The molecule has 0 heterocycles. The lowest BCUT2D eigenvalue weighted by atomic mass is 9.84. The minimum absolute atomic E-state index is 1.21. The van der Waals surface area contributed by atoms with E-state index < -0.39 is 0 Å². The van der Waals surface area contributed by atoms with Gasteiger partial charge in [0.15, 0.2) is 0 Å². The van der Waals surface area contributed by atoms with Crippen molar-refractivity contribution in [2.75, 3.05) is 0 Å². The van der Waals surface area contributed by atoms with E-state index in [1.165, 1.54) is 83.6 Å². The van der Waals surface area contributed by atoms with E-state index in [2.05, 4.69) is 163 Å². The Hall–Kier alpha value is -4.68. The minimum atomic E-state index is 1.21. The highest BCUT2D eigenvalue weighted by Gasteiger charge is 2.17. The highest BCUT2D eigenvalue weighted by Crippen LogP contribution is 2.44. The summed E-state index contributed by atoms with van der Waals surface area (Å²) < 4.78 is 0. The topological polar surface area (TPSA) is 0 Å². The smallest absolute Gasteiger partial charge is 0.00262 e. The van der Waals surface area contributed by atoms with Crippen molar-refractivity contribution in [3.63, 3.8) is 0 Å². The zero-order valence-corrected chi connectivity index (χ0v) is 27.5. The number of aryl methyl sites for hydroxylation is 1. The van der Waals surface area contributed by atoms with Crippen LogP contribution >= 0.6 is 0 Å². The average molecular weight is 575 g/mol. The first-order chi connectivity index (χ1) is 21.5. The molecule has 0 aliphatic rings. The predicted octanol–water partition coefficient (Wildman–Crippen LogP) is 13.7. The van der Waals surface area contributed by atoms with Gasteiger partial charge >= 0.3 is 0 Å². The fraction of sp³-hybridized carbons (Fsp3) is 0.182. The third-order valence-electron chi connectivity index (χ3n) is 8.04. The van der Waals surface area contributed by atoms with E-state index in [-0.39, 0.29) is 0 Å². The minimum Gasteiger partial charge on any atom is -0.0988 e. The second-order valence-electron chi connectivity index (χ2n) is 11.0. The molecule has 6 aromatic rings. The van der Waals surface area contributed by atoms with Crippen molar-refractivity contribution in [2.45, 2.75) is 54.9 Å². The molecule has 0 N–H and O–H groups in total. The maximum absolute atomic E-state index is 4.00. The van der Waals surface area contributed by atoms with Crippen molar-refractivity contribution in [1.82, 2.24) is 0 Å². The quantitative estimate of drug-likeness (QED) is 0.142. The highest BCUT2D eigenvalue weighted by atomic mass is 14.2. The van der Waals surface area contributed by atoms with E-state index in [0.29, 0.717) is 0 Å². The van der Waals surface area contributed by atoms with E-state index in [4.69, 9.17) is 0 Å². The van der Waals surface area contributed by atoms with Crippen LogP contribution in [0.15, 0.2) is 140 Å². The van der Waals surface area contributed by atoms with Crippen molar-refractivity contribution in [1.29, 1.82) is 0 Å². The van der Waals surface area contributed by atoms with Gasteiger partial charge in [-0.3, -0.25) is 0 Å².